The largest absolute Gasteiger partial charge is 0.420 e. The molecule has 6 aromatic rings. The van der Waals surface area contributed by atoms with Gasteiger partial charge in [-0.2, -0.15) is 10.2 Å². The number of carbonyl (C=O) groups excluding carboxylic acids is 1. The first-order valence-electron chi connectivity index (χ1n) is 12.7. The molecule has 1 spiro atoms. The van der Waals surface area contributed by atoms with E-state index in [2.05, 4.69) is 18.2 Å². The van der Waals surface area contributed by atoms with Crippen LogP contribution in [0.2, 0.25) is 0 Å². The summed E-state index contributed by atoms with van der Waals surface area (Å²) in [6.07, 6.45) is 0. The van der Waals surface area contributed by atoms with E-state index in [0.717, 1.165) is 55.8 Å². The van der Waals surface area contributed by atoms with Crippen molar-refractivity contribution < 1.29 is 9.53 Å². The Balaban J connectivity index is 1.55. The van der Waals surface area contributed by atoms with E-state index in [9.17, 15) is 4.79 Å². The highest BCUT2D eigenvalue weighted by Crippen LogP contribution is 2.60. The molecule has 1 aliphatic heterocycles. The smallest absolute Gasteiger partial charge is 0.229 e. The Morgan fingerprint density at radius 2 is 1.18 bits per heavy atom. The third-order valence-corrected chi connectivity index (χ3v) is 7.87. The molecule has 4 aromatic carbocycles. The first-order valence-corrected chi connectivity index (χ1v) is 12.7. The van der Waals surface area contributed by atoms with Crippen LogP contribution in [0.5, 0.6) is 11.8 Å². The summed E-state index contributed by atoms with van der Waals surface area (Å²) in [5.74, 6) is 1.11. The minimum Gasteiger partial charge on any atom is -0.420 e. The average molecular weight is 495 g/mol. The highest BCUT2D eigenvalue weighted by molar-refractivity contribution is 6.24. The van der Waals surface area contributed by atoms with Crippen LogP contribution in [-0.2, 0) is 5.41 Å². The Morgan fingerprint density at radius 3 is 1.74 bits per heavy atom. The summed E-state index contributed by atoms with van der Waals surface area (Å²) in [4.78, 5) is 14.8. The number of ether oxygens (including phenoxy) is 1. The normalized spacial score (nSPS) is 14.5. The molecule has 0 N–H and O–H groups in total. The van der Waals surface area contributed by atoms with E-state index in [4.69, 9.17) is 14.9 Å². The van der Waals surface area contributed by atoms with Gasteiger partial charge in [-0.15, -0.1) is 0 Å². The van der Waals surface area contributed by atoms with Gasteiger partial charge in [0.1, 0.15) is 5.41 Å². The number of para-hydroxylation sites is 2. The molecule has 6 nitrogen and oxygen atoms in total. The number of nitrogens with zero attached hydrogens (tertiary/aromatic N) is 4. The third kappa shape index (κ3) is 2.44. The van der Waals surface area contributed by atoms with Gasteiger partial charge in [0, 0.05) is 5.56 Å². The van der Waals surface area contributed by atoms with Crippen LogP contribution < -0.4 is 4.74 Å². The van der Waals surface area contributed by atoms with Crippen molar-refractivity contribution in [2.75, 3.05) is 0 Å². The van der Waals surface area contributed by atoms with E-state index >= 15 is 0 Å². The number of aromatic nitrogens is 4. The summed E-state index contributed by atoms with van der Waals surface area (Å²) in [5.41, 5.74) is 5.32. The number of Topliss-reactive ketones (excluding diaryl/α,β-unsaturated/α-hetero) is 1. The number of benzene rings is 4. The van der Waals surface area contributed by atoms with Gasteiger partial charge in [0.2, 0.25) is 11.8 Å². The van der Waals surface area contributed by atoms with E-state index in [1.54, 1.807) is 0 Å². The maximum atomic E-state index is 14.8. The maximum absolute atomic E-state index is 14.8. The molecule has 6 heteroatoms. The van der Waals surface area contributed by atoms with Crippen LogP contribution in [-0.4, -0.2) is 25.3 Å². The van der Waals surface area contributed by atoms with Crippen LogP contribution >= 0.6 is 0 Å². The highest BCUT2D eigenvalue weighted by Gasteiger charge is 2.59. The van der Waals surface area contributed by atoms with Gasteiger partial charge < -0.3 is 4.74 Å². The van der Waals surface area contributed by atoms with Crippen LogP contribution in [0.3, 0.4) is 0 Å². The first kappa shape index (κ1) is 21.1. The van der Waals surface area contributed by atoms with Crippen molar-refractivity contribution in [3.05, 3.63) is 131 Å². The van der Waals surface area contributed by atoms with Gasteiger partial charge in [0.05, 0.1) is 33.9 Å². The van der Waals surface area contributed by atoms with Gasteiger partial charge in [-0.1, -0.05) is 72.8 Å². The summed E-state index contributed by atoms with van der Waals surface area (Å²) < 4.78 is 10.4. The zero-order valence-corrected chi connectivity index (χ0v) is 20.8. The van der Waals surface area contributed by atoms with Crippen molar-refractivity contribution in [2.24, 2.45) is 0 Å². The molecule has 2 aliphatic rings. The zero-order chi connectivity index (χ0) is 25.6. The van der Waals surface area contributed by atoms with Crippen molar-refractivity contribution in [3.63, 3.8) is 0 Å². The summed E-state index contributed by atoms with van der Waals surface area (Å²) in [7, 11) is 0. The number of ketones is 1. The molecular formula is C32H22N4O2. The van der Waals surface area contributed by atoms with Crippen LogP contribution in [0.1, 0.15) is 38.4 Å². The summed E-state index contributed by atoms with van der Waals surface area (Å²) >= 11 is 0. The number of hydrogen-bond acceptors (Lipinski definition) is 4. The predicted octanol–water partition coefficient (Wildman–Crippen LogP) is 6.46. The molecule has 8 rings (SSSR count). The molecule has 0 saturated heterocycles. The van der Waals surface area contributed by atoms with Crippen LogP contribution in [0.4, 0.5) is 0 Å². The lowest BCUT2D eigenvalue weighted by Crippen LogP contribution is -2.38. The lowest BCUT2D eigenvalue weighted by molar-refractivity contribution is 0.0937. The minimum absolute atomic E-state index is 0.0292. The summed E-state index contributed by atoms with van der Waals surface area (Å²) in [5, 5.41) is 11.9. The lowest BCUT2D eigenvalue weighted by Gasteiger charge is -2.34. The van der Waals surface area contributed by atoms with E-state index in [1.165, 1.54) is 0 Å². The van der Waals surface area contributed by atoms with Gasteiger partial charge in [-0.25, -0.2) is 9.36 Å². The van der Waals surface area contributed by atoms with Gasteiger partial charge in [-0.3, -0.25) is 4.79 Å². The minimum atomic E-state index is -1.12. The molecule has 0 atom stereocenters. The fourth-order valence-corrected chi connectivity index (χ4v) is 6.43. The molecule has 0 bridgehead atoms. The Morgan fingerprint density at radius 1 is 0.658 bits per heavy atom. The first-order chi connectivity index (χ1) is 18.6. The summed E-state index contributed by atoms with van der Waals surface area (Å²) in [6, 6.07) is 31.9. The monoisotopic (exact) mass is 494 g/mol. The van der Waals surface area contributed by atoms with Gasteiger partial charge in [0.15, 0.2) is 5.78 Å². The van der Waals surface area contributed by atoms with Crippen molar-refractivity contribution in [1.82, 2.24) is 19.6 Å². The molecule has 0 unspecified atom stereocenters. The van der Waals surface area contributed by atoms with Gasteiger partial charge >= 0.3 is 0 Å². The predicted molar refractivity (Wildman–Crippen MR) is 145 cm³/mol. The second kappa shape index (κ2) is 7.29. The van der Waals surface area contributed by atoms with Crippen molar-refractivity contribution >= 4 is 16.6 Å². The number of rotatable bonds is 2. The Bertz CT molecular complexity index is 1840. The topological polar surface area (TPSA) is 61.9 Å². The van der Waals surface area contributed by atoms with E-state index in [1.807, 2.05) is 102 Å². The molecule has 0 amide bonds. The Hall–Kier alpha value is -4.97. The van der Waals surface area contributed by atoms with E-state index < -0.39 is 5.41 Å². The molecule has 38 heavy (non-hydrogen) atoms. The molecule has 0 fully saturated rings. The Kier molecular flexibility index (Phi) is 4.06. The average Bonchev–Trinajstić information content (AvgIpc) is 3.56. The highest BCUT2D eigenvalue weighted by atomic mass is 16.5. The van der Waals surface area contributed by atoms with Crippen LogP contribution in [0, 0.1) is 13.8 Å². The van der Waals surface area contributed by atoms with Crippen molar-refractivity contribution in [3.8, 4) is 23.1 Å². The molecule has 0 radical (unpaired) electrons. The lowest BCUT2D eigenvalue weighted by atomic mass is 9.67. The standard InChI is InChI=1S/C32H22N4O2/c1-19-27-30(35(33-19)22-13-5-3-6-14-22)38-31-28(20(2)34-36(31)23-15-7-4-8-16-23)32(27)25-18-10-12-21-11-9-17-24(26(21)25)29(32)37/h3-18H,1-2H3. The molecule has 182 valence electrons. The molecular weight excluding hydrogens is 472 g/mol. The zero-order valence-electron chi connectivity index (χ0n) is 20.8. The SMILES string of the molecule is Cc1nn(-c2ccccc2)c2c1C1(C(=O)c3cccc4cccc1c34)c1c(C)nn(-c3ccccc3)c1O2. The van der Waals surface area contributed by atoms with Crippen LogP contribution in [0.25, 0.3) is 22.1 Å². The van der Waals surface area contributed by atoms with Gasteiger partial charge in [0.25, 0.3) is 0 Å². The number of fused-ring (bicyclic) bond motifs is 5. The second-order valence-corrected chi connectivity index (χ2v) is 9.92. The summed E-state index contributed by atoms with van der Waals surface area (Å²) in [6.45, 7) is 3.92. The number of hydrogen-bond donors (Lipinski definition) is 0. The van der Waals surface area contributed by atoms with Crippen molar-refractivity contribution in [2.45, 2.75) is 19.3 Å². The Labute approximate surface area is 218 Å². The number of carbonyl (C=O) groups is 1. The van der Waals surface area contributed by atoms with Crippen LogP contribution in [0.15, 0.2) is 97.1 Å². The molecule has 0 saturated carbocycles. The maximum Gasteiger partial charge on any atom is 0.229 e. The van der Waals surface area contributed by atoms with E-state index in [0.29, 0.717) is 11.8 Å². The van der Waals surface area contributed by atoms with Gasteiger partial charge in [-0.05, 0) is 54.4 Å². The molecule has 1 aliphatic carbocycles. The second-order valence-electron chi connectivity index (χ2n) is 9.92. The van der Waals surface area contributed by atoms with Crippen molar-refractivity contribution in [1.29, 1.82) is 0 Å². The fourth-order valence-electron chi connectivity index (χ4n) is 6.43. The van der Waals surface area contributed by atoms with E-state index in [-0.39, 0.29) is 5.78 Å². The molecule has 2 aromatic heterocycles. The molecule has 3 heterocycles. The quantitative estimate of drug-likeness (QED) is 0.277. The number of aryl methyl sites for hydroxylation is 2. The fraction of sp³-hybridized carbons (Fsp3) is 0.0938. The third-order valence-electron chi connectivity index (χ3n) is 7.87.